The lowest BCUT2D eigenvalue weighted by atomic mass is 10.2. The number of aliphatic hydroxyl groups excluding tert-OH is 1. The summed E-state index contributed by atoms with van der Waals surface area (Å²) >= 11 is 1.76. The molecule has 0 atom stereocenters. The molecule has 0 aliphatic carbocycles. The van der Waals surface area contributed by atoms with Gasteiger partial charge in [0.1, 0.15) is 6.61 Å². The van der Waals surface area contributed by atoms with Crippen molar-refractivity contribution in [2.24, 2.45) is 0 Å². The minimum atomic E-state index is -0.158. The molecule has 0 aliphatic rings. The minimum Gasteiger partial charge on any atom is -0.388 e. The predicted octanol–water partition coefficient (Wildman–Crippen LogP) is 1.80. The first-order valence-electron chi connectivity index (χ1n) is 4.83. The monoisotopic (exact) mass is 224 g/mol. The van der Waals surface area contributed by atoms with Crippen molar-refractivity contribution in [2.45, 2.75) is 25.9 Å². The van der Waals surface area contributed by atoms with Crippen LogP contribution in [0.3, 0.4) is 0 Å². The molecule has 2 aromatic rings. The first kappa shape index (κ1) is 10.3. The highest BCUT2D eigenvalue weighted by atomic mass is 32.1. The third kappa shape index (κ3) is 2.87. The smallest absolute Gasteiger partial charge is 0.226 e. The van der Waals surface area contributed by atoms with E-state index in [9.17, 15) is 0 Å². The van der Waals surface area contributed by atoms with E-state index in [0.29, 0.717) is 11.7 Å². The molecule has 0 saturated carbocycles. The highest BCUT2D eigenvalue weighted by molar-refractivity contribution is 7.09. The Morgan fingerprint density at radius 3 is 3.00 bits per heavy atom. The molecule has 4 nitrogen and oxygen atoms in total. The highest BCUT2D eigenvalue weighted by Gasteiger charge is 2.04. The predicted molar refractivity (Wildman–Crippen MR) is 56.6 cm³/mol. The average Bonchev–Trinajstić information content (AvgIpc) is 2.88. The van der Waals surface area contributed by atoms with Crippen LogP contribution in [0.5, 0.6) is 0 Å². The van der Waals surface area contributed by atoms with E-state index in [1.165, 1.54) is 4.88 Å². The fourth-order valence-corrected chi connectivity index (χ4v) is 2.08. The number of aliphatic hydroxyl groups is 1. The molecule has 1 N–H and O–H groups in total. The maximum absolute atomic E-state index is 8.74. The van der Waals surface area contributed by atoms with Crippen molar-refractivity contribution in [1.29, 1.82) is 0 Å². The van der Waals surface area contributed by atoms with E-state index in [1.54, 1.807) is 11.3 Å². The zero-order chi connectivity index (χ0) is 10.5. The largest absolute Gasteiger partial charge is 0.388 e. The van der Waals surface area contributed by atoms with Crippen LogP contribution in [0.15, 0.2) is 22.0 Å². The van der Waals surface area contributed by atoms with E-state index in [2.05, 4.69) is 27.7 Å². The Morgan fingerprint density at radius 1 is 1.40 bits per heavy atom. The quantitative estimate of drug-likeness (QED) is 0.841. The SMILES string of the molecule is OCc1noc(CCCc2cccs2)n1. The first-order valence-corrected chi connectivity index (χ1v) is 5.71. The van der Waals surface area contributed by atoms with Gasteiger partial charge >= 0.3 is 0 Å². The molecular weight excluding hydrogens is 212 g/mol. The summed E-state index contributed by atoms with van der Waals surface area (Å²) in [6.45, 7) is -0.158. The molecule has 0 saturated heterocycles. The van der Waals surface area contributed by atoms with E-state index in [-0.39, 0.29) is 6.61 Å². The fraction of sp³-hybridized carbons (Fsp3) is 0.400. The van der Waals surface area contributed by atoms with Gasteiger partial charge in [-0.1, -0.05) is 11.2 Å². The number of hydrogen-bond donors (Lipinski definition) is 1. The molecular formula is C10H12N2O2S. The van der Waals surface area contributed by atoms with Gasteiger partial charge in [0.15, 0.2) is 5.82 Å². The van der Waals surface area contributed by atoms with Crippen molar-refractivity contribution in [3.8, 4) is 0 Å². The molecule has 2 heterocycles. The van der Waals surface area contributed by atoms with Crippen LogP contribution in [0.2, 0.25) is 0 Å². The zero-order valence-corrected chi connectivity index (χ0v) is 9.04. The maximum Gasteiger partial charge on any atom is 0.226 e. The molecule has 0 aliphatic heterocycles. The Bertz CT molecular complexity index is 397. The summed E-state index contributed by atoms with van der Waals surface area (Å²) in [5.74, 6) is 0.969. The molecule has 0 aromatic carbocycles. The van der Waals surface area contributed by atoms with Crippen molar-refractivity contribution in [3.63, 3.8) is 0 Å². The fourth-order valence-electron chi connectivity index (χ4n) is 1.32. The summed E-state index contributed by atoms with van der Waals surface area (Å²) in [4.78, 5) is 5.40. The summed E-state index contributed by atoms with van der Waals surface area (Å²) in [6, 6.07) is 4.17. The van der Waals surface area contributed by atoms with Crippen molar-refractivity contribution in [3.05, 3.63) is 34.1 Å². The molecule has 0 bridgehead atoms. The topological polar surface area (TPSA) is 59.2 Å². The van der Waals surface area contributed by atoms with Crippen LogP contribution in [0.25, 0.3) is 0 Å². The summed E-state index contributed by atoms with van der Waals surface area (Å²) in [7, 11) is 0. The molecule has 5 heteroatoms. The van der Waals surface area contributed by atoms with Crippen LogP contribution in [0.4, 0.5) is 0 Å². The Balaban J connectivity index is 1.78. The summed E-state index contributed by atoms with van der Waals surface area (Å²) in [6.07, 6.45) is 2.80. The van der Waals surface area contributed by atoms with Gasteiger partial charge in [-0.2, -0.15) is 4.98 Å². The summed E-state index contributed by atoms with van der Waals surface area (Å²) < 4.78 is 4.96. The second kappa shape index (κ2) is 5.04. The Kier molecular flexibility index (Phi) is 3.47. The minimum absolute atomic E-state index is 0.158. The second-order valence-electron chi connectivity index (χ2n) is 3.20. The molecule has 2 aromatic heterocycles. The van der Waals surface area contributed by atoms with Gasteiger partial charge in [0, 0.05) is 11.3 Å². The van der Waals surface area contributed by atoms with Gasteiger partial charge in [0.2, 0.25) is 5.89 Å². The molecule has 80 valence electrons. The van der Waals surface area contributed by atoms with Gasteiger partial charge in [-0.15, -0.1) is 11.3 Å². The number of thiophene rings is 1. The van der Waals surface area contributed by atoms with E-state index in [0.717, 1.165) is 19.3 Å². The Hall–Kier alpha value is -1.20. The van der Waals surface area contributed by atoms with Crippen LogP contribution < -0.4 is 0 Å². The van der Waals surface area contributed by atoms with Gasteiger partial charge in [0.05, 0.1) is 0 Å². The van der Waals surface area contributed by atoms with E-state index in [1.807, 2.05) is 0 Å². The number of rotatable bonds is 5. The van der Waals surface area contributed by atoms with Gasteiger partial charge in [-0.05, 0) is 24.3 Å². The van der Waals surface area contributed by atoms with Crippen molar-refractivity contribution in [2.75, 3.05) is 0 Å². The maximum atomic E-state index is 8.74. The molecule has 15 heavy (non-hydrogen) atoms. The standard InChI is InChI=1S/C10H12N2O2S/c13-7-9-11-10(14-12-9)5-1-3-8-4-2-6-15-8/h2,4,6,13H,1,3,5,7H2. The van der Waals surface area contributed by atoms with Crippen LogP contribution in [0, 0.1) is 0 Å². The second-order valence-corrected chi connectivity index (χ2v) is 4.23. The van der Waals surface area contributed by atoms with Crippen molar-refractivity contribution >= 4 is 11.3 Å². The van der Waals surface area contributed by atoms with Crippen molar-refractivity contribution < 1.29 is 9.63 Å². The van der Waals surface area contributed by atoms with Gasteiger partial charge < -0.3 is 9.63 Å². The molecule has 0 amide bonds. The van der Waals surface area contributed by atoms with Crippen LogP contribution in [-0.4, -0.2) is 15.2 Å². The number of aryl methyl sites for hydroxylation is 2. The molecule has 0 fully saturated rings. The van der Waals surface area contributed by atoms with Gasteiger partial charge in [-0.3, -0.25) is 0 Å². The Morgan fingerprint density at radius 2 is 2.33 bits per heavy atom. The lowest BCUT2D eigenvalue weighted by Crippen LogP contribution is -1.90. The number of aromatic nitrogens is 2. The first-order chi connectivity index (χ1) is 7.38. The van der Waals surface area contributed by atoms with Crippen molar-refractivity contribution in [1.82, 2.24) is 10.1 Å². The van der Waals surface area contributed by atoms with Gasteiger partial charge in [-0.25, -0.2) is 0 Å². The molecule has 0 spiro atoms. The number of nitrogens with zero attached hydrogens (tertiary/aromatic N) is 2. The van der Waals surface area contributed by atoms with Crippen LogP contribution in [-0.2, 0) is 19.4 Å². The summed E-state index contributed by atoms with van der Waals surface area (Å²) in [5, 5.41) is 14.4. The Labute approximate surface area is 91.6 Å². The molecule has 0 radical (unpaired) electrons. The molecule has 2 rings (SSSR count). The van der Waals surface area contributed by atoms with E-state index >= 15 is 0 Å². The number of hydrogen-bond acceptors (Lipinski definition) is 5. The van der Waals surface area contributed by atoms with E-state index < -0.39 is 0 Å². The van der Waals surface area contributed by atoms with Crippen LogP contribution >= 0.6 is 11.3 Å². The third-order valence-corrected chi connectivity index (χ3v) is 2.98. The average molecular weight is 224 g/mol. The molecule has 0 unspecified atom stereocenters. The zero-order valence-electron chi connectivity index (χ0n) is 8.22. The summed E-state index contributed by atoms with van der Waals surface area (Å²) in [5.41, 5.74) is 0. The normalized spacial score (nSPS) is 10.7. The lowest BCUT2D eigenvalue weighted by Gasteiger charge is -1.93. The lowest BCUT2D eigenvalue weighted by molar-refractivity contribution is 0.262. The van der Waals surface area contributed by atoms with E-state index in [4.69, 9.17) is 9.63 Å². The van der Waals surface area contributed by atoms with Gasteiger partial charge in [0.25, 0.3) is 0 Å². The van der Waals surface area contributed by atoms with Crippen LogP contribution in [0.1, 0.15) is 23.0 Å². The third-order valence-electron chi connectivity index (χ3n) is 2.05. The highest BCUT2D eigenvalue weighted by Crippen LogP contribution is 2.12.